The van der Waals surface area contributed by atoms with E-state index in [1.807, 2.05) is 0 Å². The van der Waals surface area contributed by atoms with E-state index < -0.39 is 62.8 Å². The third-order valence-corrected chi connectivity index (χ3v) is 6.83. The molecule has 0 aromatic heterocycles. The molecule has 0 atom stereocenters. The molecule has 8 nitrogen and oxygen atoms in total. The lowest BCUT2D eigenvalue weighted by Gasteiger charge is -2.33. The van der Waals surface area contributed by atoms with Gasteiger partial charge in [0.2, 0.25) is 0 Å². The summed E-state index contributed by atoms with van der Waals surface area (Å²) in [5.74, 6) is -8.04. The minimum Gasteiger partial charge on any atom is -0.391 e. The first kappa shape index (κ1) is 29.2. The molecule has 0 amide bonds. The van der Waals surface area contributed by atoms with Gasteiger partial charge >= 0.3 is 17.4 Å². The molecule has 0 rings (SSSR count). The van der Waals surface area contributed by atoms with Crippen molar-refractivity contribution in [1.29, 1.82) is 0 Å². The molecule has 0 heterocycles. The minimum atomic E-state index is -6.91. The average Bonchev–Trinajstić information content (AvgIpc) is 2.50. The smallest absolute Gasteiger partial charge is 0.391 e. The van der Waals surface area contributed by atoms with Gasteiger partial charge in [-0.05, 0) is 6.42 Å². The SMILES string of the molecule is C[N+](C)(CCO)CCCN(CCCS(=O)(=O)O)S(=O)(=O)C(F)(F)C(F)(F)C(F)(F)F. The van der Waals surface area contributed by atoms with Crippen LogP contribution in [-0.2, 0) is 20.1 Å². The van der Waals surface area contributed by atoms with E-state index in [1.54, 1.807) is 14.1 Å². The fourth-order valence-electron chi connectivity index (χ4n) is 2.32. The van der Waals surface area contributed by atoms with Crippen molar-refractivity contribution in [3.63, 3.8) is 0 Å². The van der Waals surface area contributed by atoms with Gasteiger partial charge in [0, 0.05) is 19.5 Å². The quantitative estimate of drug-likeness (QED) is 0.223. The maximum Gasteiger partial charge on any atom is 0.461 e. The topological polar surface area (TPSA) is 112 Å². The monoisotopic (exact) mass is 501 g/mol. The molecule has 0 aromatic carbocycles. The molecule has 0 radical (unpaired) electrons. The second kappa shape index (κ2) is 9.81. The van der Waals surface area contributed by atoms with E-state index in [-0.39, 0.29) is 34.9 Å². The van der Waals surface area contributed by atoms with Crippen LogP contribution in [0.5, 0.6) is 0 Å². The number of likely N-dealkylation sites (N-methyl/N-ethyl adjacent to an activating group) is 1. The molecule has 2 N–H and O–H groups in total. The molecule has 0 aliphatic heterocycles. The zero-order chi connectivity index (χ0) is 24.2. The molecule has 0 aliphatic carbocycles. The number of rotatable bonds is 13. The molecule has 0 aliphatic rings. The van der Waals surface area contributed by atoms with Gasteiger partial charge in [0.05, 0.1) is 33.0 Å². The molecule has 0 unspecified atom stereocenters. The van der Waals surface area contributed by atoms with E-state index in [9.17, 15) is 47.6 Å². The highest BCUT2D eigenvalue weighted by molar-refractivity contribution is 7.90. The van der Waals surface area contributed by atoms with E-state index in [4.69, 9.17) is 9.66 Å². The van der Waals surface area contributed by atoms with Gasteiger partial charge in [-0.2, -0.15) is 43.5 Å². The Bertz CT molecular complexity index is 769. The average molecular weight is 501 g/mol. The largest absolute Gasteiger partial charge is 0.461 e. The zero-order valence-electron chi connectivity index (χ0n) is 16.0. The Morgan fingerprint density at radius 2 is 1.33 bits per heavy atom. The van der Waals surface area contributed by atoms with Crippen molar-refractivity contribution >= 4 is 20.1 Å². The number of nitrogens with zero attached hydrogens (tertiary/aromatic N) is 2. The highest BCUT2D eigenvalue weighted by atomic mass is 32.2. The van der Waals surface area contributed by atoms with Gasteiger partial charge in [0.15, 0.2) is 0 Å². The molecular weight excluding hydrogens is 477 g/mol. The van der Waals surface area contributed by atoms with Gasteiger partial charge in [-0.1, -0.05) is 0 Å². The first-order chi connectivity index (χ1) is 13.1. The van der Waals surface area contributed by atoms with Gasteiger partial charge in [-0.25, -0.2) is 8.42 Å². The van der Waals surface area contributed by atoms with Crippen molar-refractivity contribution in [2.45, 2.75) is 30.2 Å². The molecule has 0 saturated carbocycles. The summed E-state index contributed by atoms with van der Waals surface area (Å²) in [4.78, 5) is 0. The first-order valence-corrected chi connectivity index (χ1v) is 11.4. The van der Waals surface area contributed by atoms with Crippen LogP contribution in [0.4, 0.5) is 30.7 Å². The third kappa shape index (κ3) is 7.44. The maximum absolute atomic E-state index is 13.9. The molecule has 0 bridgehead atoms. The molecular formula is C13H24F7N2O6S2+. The van der Waals surface area contributed by atoms with E-state index in [1.165, 1.54) is 0 Å². The number of halogens is 7. The van der Waals surface area contributed by atoms with Crippen molar-refractivity contribution < 1.29 is 61.7 Å². The summed E-state index contributed by atoms with van der Waals surface area (Å²) in [6, 6.07) is 0. The Morgan fingerprint density at radius 1 is 0.867 bits per heavy atom. The van der Waals surface area contributed by atoms with Crippen molar-refractivity contribution in [1.82, 2.24) is 4.31 Å². The molecule has 30 heavy (non-hydrogen) atoms. The summed E-state index contributed by atoms with van der Waals surface area (Å²) in [5, 5.41) is 2.35. The summed E-state index contributed by atoms with van der Waals surface area (Å²) in [5.41, 5.74) is 0. The summed E-state index contributed by atoms with van der Waals surface area (Å²) in [6.45, 7) is -2.20. The summed E-state index contributed by atoms with van der Waals surface area (Å²) in [7, 11) is -8.15. The molecule has 17 heteroatoms. The number of hydrogen-bond donors (Lipinski definition) is 2. The third-order valence-electron chi connectivity index (χ3n) is 4.07. The fourth-order valence-corrected chi connectivity index (χ4v) is 4.32. The van der Waals surface area contributed by atoms with Crippen molar-refractivity contribution in [2.75, 3.05) is 52.6 Å². The van der Waals surface area contributed by atoms with Gasteiger partial charge in [-0.3, -0.25) is 4.55 Å². The zero-order valence-corrected chi connectivity index (χ0v) is 17.7. The van der Waals surface area contributed by atoms with Crippen molar-refractivity contribution in [2.24, 2.45) is 0 Å². The van der Waals surface area contributed by atoms with Crippen LogP contribution in [0.15, 0.2) is 0 Å². The Morgan fingerprint density at radius 3 is 1.73 bits per heavy atom. The van der Waals surface area contributed by atoms with Gasteiger partial charge in [0.1, 0.15) is 6.54 Å². The predicted octanol–water partition coefficient (Wildman–Crippen LogP) is 1.15. The lowest BCUT2D eigenvalue weighted by atomic mass is 10.3. The fraction of sp³-hybridized carbons (Fsp3) is 1.00. The Labute approximate surface area is 169 Å². The number of sulfonamides is 1. The number of aliphatic hydroxyl groups excluding tert-OH is 1. The van der Waals surface area contributed by atoms with E-state index >= 15 is 0 Å². The predicted molar refractivity (Wildman–Crippen MR) is 91.0 cm³/mol. The molecule has 0 saturated heterocycles. The number of hydrogen-bond acceptors (Lipinski definition) is 5. The number of alkyl halides is 7. The summed E-state index contributed by atoms with van der Waals surface area (Å²) >= 11 is 0. The Hall–Kier alpha value is -0.750. The molecule has 0 spiro atoms. The van der Waals surface area contributed by atoms with E-state index in [0.717, 1.165) is 0 Å². The Balaban J connectivity index is 5.79. The van der Waals surface area contributed by atoms with Crippen LogP contribution < -0.4 is 0 Å². The first-order valence-electron chi connectivity index (χ1n) is 8.32. The highest BCUT2D eigenvalue weighted by Gasteiger charge is 2.79. The van der Waals surface area contributed by atoms with Crippen LogP contribution in [0.25, 0.3) is 0 Å². The Kier molecular flexibility index (Phi) is 9.56. The standard InChI is InChI=1S/C13H23F7N2O6S2/c1-22(2,8-9-23)7-3-5-21(6-4-10-29(24,25)26)30(27,28)13(19,20)11(14,15)12(16,17)18/h23H,3-10H2,1-2H3/p+1. The van der Waals surface area contributed by atoms with Crippen LogP contribution in [-0.4, -0.2) is 105 Å². The number of aliphatic hydroxyl groups is 1. The van der Waals surface area contributed by atoms with Crippen LogP contribution in [0.3, 0.4) is 0 Å². The second-order valence-electron chi connectivity index (χ2n) is 7.09. The molecule has 182 valence electrons. The molecule has 0 fully saturated rings. The van der Waals surface area contributed by atoms with Crippen molar-refractivity contribution in [3.05, 3.63) is 0 Å². The van der Waals surface area contributed by atoms with Gasteiger partial charge in [-0.15, -0.1) is 0 Å². The van der Waals surface area contributed by atoms with Crippen LogP contribution in [0.1, 0.15) is 12.8 Å². The summed E-state index contributed by atoms with van der Waals surface area (Å²) in [6.07, 6.45) is -7.99. The summed E-state index contributed by atoms with van der Waals surface area (Å²) < 4.78 is 145. The van der Waals surface area contributed by atoms with E-state index in [2.05, 4.69) is 0 Å². The highest BCUT2D eigenvalue weighted by Crippen LogP contribution is 2.49. The van der Waals surface area contributed by atoms with Crippen molar-refractivity contribution in [3.8, 4) is 0 Å². The van der Waals surface area contributed by atoms with Crippen LogP contribution in [0, 0.1) is 0 Å². The lowest BCUT2D eigenvalue weighted by Crippen LogP contribution is -2.60. The van der Waals surface area contributed by atoms with Crippen LogP contribution >= 0.6 is 0 Å². The van der Waals surface area contributed by atoms with Crippen LogP contribution in [0.2, 0.25) is 0 Å². The van der Waals surface area contributed by atoms with E-state index in [0.29, 0.717) is 0 Å². The second-order valence-corrected chi connectivity index (χ2v) is 10.6. The van der Waals surface area contributed by atoms with Gasteiger partial charge in [0.25, 0.3) is 20.1 Å². The normalized spacial score (nSPS) is 15.1. The minimum absolute atomic E-state index is 0.0200. The van der Waals surface area contributed by atoms with Gasteiger partial charge < -0.3 is 9.59 Å². The lowest BCUT2D eigenvalue weighted by molar-refractivity contribution is -0.890. The number of quaternary nitrogens is 1. The maximum atomic E-state index is 13.9. The molecule has 0 aromatic rings.